The first-order valence-corrected chi connectivity index (χ1v) is 14.8. The second-order valence-electron chi connectivity index (χ2n) is 11.9. The van der Waals surface area contributed by atoms with E-state index in [0.29, 0.717) is 27.7 Å². The van der Waals surface area contributed by atoms with Gasteiger partial charge in [0.1, 0.15) is 16.3 Å². The predicted octanol–water partition coefficient (Wildman–Crippen LogP) is 5.92. The van der Waals surface area contributed by atoms with Crippen LogP contribution in [0.4, 0.5) is 16.4 Å². The van der Waals surface area contributed by atoms with Gasteiger partial charge in [0.25, 0.3) is 11.5 Å². The number of ether oxygens (including phenoxy) is 2. The summed E-state index contributed by atoms with van der Waals surface area (Å²) in [5, 5.41) is 5.32. The summed E-state index contributed by atoms with van der Waals surface area (Å²) in [7, 11) is 4.52. The highest BCUT2D eigenvalue weighted by molar-refractivity contribution is 6.31. The van der Waals surface area contributed by atoms with Gasteiger partial charge in [-0.15, -0.1) is 0 Å². The number of aromatic nitrogens is 5. The summed E-state index contributed by atoms with van der Waals surface area (Å²) in [5.74, 6) is -0.331. The quantitative estimate of drug-likeness (QED) is 0.251. The van der Waals surface area contributed by atoms with Crippen molar-refractivity contribution in [2.45, 2.75) is 52.2 Å². The van der Waals surface area contributed by atoms with E-state index in [1.807, 2.05) is 26.0 Å². The molecule has 1 aromatic carbocycles. The van der Waals surface area contributed by atoms with Crippen LogP contribution in [-0.2, 0) is 11.8 Å². The van der Waals surface area contributed by atoms with E-state index in [2.05, 4.69) is 9.97 Å². The van der Waals surface area contributed by atoms with Gasteiger partial charge in [0.2, 0.25) is 11.8 Å². The topological polar surface area (TPSA) is 125 Å². The van der Waals surface area contributed by atoms with Crippen LogP contribution in [0.5, 0.6) is 5.88 Å². The molecule has 5 rings (SSSR count). The lowest BCUT2D eigenvalue weighted by molar-refractivity contribution is 0.0587. The Balaban J connectivity index is 1.68. The second-order valence-corrected chi connectivity index (χ2v) is 12.8. The number of hydrogen-bond acceptors (Lipinski definition) is 8. The van der Waals surface area contributed by atoms with Crippen LogP contribution in [0.15, 0.2) is 47.5 Å². The lowest BCUT2D eigenvalue weighted by atomic mass is 9.94. The van der Waals surface area contributed by atoms with E-state index in [0.717, 1.165) is 5.56 Å². The van der Waals surface area contributed by atoms with Crippen LogP contribution in [0, 0.1) is 0 Å². The maximum Gasteiger partial charge on any atom is 0.416 e. The zero-order valence-corrected chi connectivity index (χ0v) is 27.6. The minimum absolute atomic E-state index is 0.0188. The molecule has 2 amide bonds. The van der Waals surface area contributed by atoms with E-state index in [-0.39, 0.29) is 39.9 Å². The minimum atomic E-state index is -0.710. The molecule has 0 spiro atoms. The molecule has 0 aliphatic carbocycles. The smallest absolute Gasteiger partial charge is 0.416 e. The molecular formula is C31H33Cl2N7O5. The SMILES string of the molecule is COc1nc(N(C)C(=O)OC(C)(C)C)ncc1-n1nc2c(c1C(C)C)C(c1ccc(Cl)cc1)N(c1cc(Cl)c(=O)n(C)c1)C2=O. The van der Waals surface area contributed by atoms with Gasteiger partial charge in [0.15, 0.2) is 5.69 Å². The van der Waals surface area contributed by atoms with Gasteiger partial charge >= 0.3 is 6.09 Å². The molecule has 0 saturated carbocycles. The van der Waals surface area contributed by atoms with Gasteiger partial charge in [-0.25, -0.2) is 19.4 Å². The minimum Gasteiger partial charge on any atom is -0.479 e. The van der Waals surface area contributed by atoms with Crippen molar-refractivity contribution < 1.29 is 19.1 Å². The molecule has 1 aliphatic rings. The lowest BCUT2D eigenvalue weighted by Gasteiger charge is -2.28. The van der Waals surface area contributed by atoms with Gasteiger partial charge in [0.05, 0.1) is 30.7 Å². The number of halogens is 2. The number of rotatable bonds is 6. The normalized spacial score (nSPS) is 14.6. The third-order valence-corrected chi connectivity index (χ3v) is 7.68. The zero-order chi connectivity index (χ0) is 33.0. The molecule has 1 unspecified atom stereocenters. The van der Waals surface area contributed by atoms with E-state index >= 15 is 0 Å². The molecule has 1 aliphatic heterocycles. The lowest BCUT2D eigenvalue weighted by Crippen LogP contribution is -2.35. The fourth-order valence-electron chi connectivity index (χ4n) is 5.20. The Bertz CT molecular complexity index is 1840. The molecule has 12 nitrogen and oxygen atoms in total. The first-order chi connectivity index (χ1) is 21.1. The van der Waals surface area contributed by atoms with Gasteiger partial charge in [0, 0.05) is 30.9 Å². The fourth-order valence-corrected chi connectivity index (χ4v) is 5.57. The molecule has 3 aromatic heterocycles. The molecule has 4 heterocycles. The highest BCUT2D eigenvalue weighted by atomic mass is 35.5. The summed E-state index contributed by atoms with van der Waals surface area (Å²) >= 11 is 12.5. The summed E-state index contributed by atoms with van der Waals surface area (Å²) in [6, 6.07) is 8.05. The van der Waals surface area contributed by atoms with Crippen molar-refractivity contribution in [2.75, 3.05) is 24.0 Å². The molecule has 1 atom stereocenters. The number of amides is 2. The average molecular weight is 655 g/mol. The molecule has 4 aromatic rings. The van der Waals surface area contributed by atoms with Crippen LogP contribution in [0.2, 0.25) is 10.0 Å². The maximum atomic E-state index is 14.2. The zero-order valence-electron chi connectivity index (χ0n) is 26.1. The van der Waals surface area contributed by atoms with E-state index in [1.54, 1.807) is 55.7 Å². The van der Waals surface area contributed by atoms with Crippen molar-refractivity contribution in [3.8, 4) is 11.6 Å². The van der Waals surface area contributed by atoms with Crippen molar-refractivity contribution in [1.82, 2.24) is 24.3 Å². The fraction of sp³-hybridized carbons (Fsp3) is 0.355. The van der Waals surface area contributed by atoms with Gasteiger partial charge in [-0.2, -0.15) is 10.1 Å². The summed E-state index contributed by atoms with van der Waals surface area (Å²) in [6.45, 7) is 9.27. The number of carbonyl (C=O) groups is 2. The standard InChI is InChI=1S/C31H33Cl2N7O5/c1-16(2)24-22-23(36-40(24)21-14-34-29(35-26(21)44-8)38(7)30(43)45-31(3,4)5)28(42)39(19-13-20(33)27(41)37(6)15-19)25(22)17-9-11-18(32)12-10-17/h9-16,25H,1-8H3. The predicted molar refractivity (Wildman–Crippen MR) is 171 cm³/mol. The molecule has 236 valence electrons. The Hall–Kier alpha value is -4.42. The van der Waals surface area contributed by atoms with Crippen molar-refractivity contribution in [2.24, 2.45) is 7.05 Å². The van der Waals surface area contributed by atoms with E-state index in [9.17, 15) is 14.4 Å². The molecule has 0 saturated heterocycles. The van der Waals surface area contributed by atoms with E-state index in [4.69, 9.17) is 37.8 Å². The number of pyridine rings is 1. The number of aryl methyl sites for hydroxylation is 1. The molecule has 0 bridgehead atoms. The molecule has 45 heavy (non-hydrogen) atoms. The Morgan fingerprint density at radius 1 is 1.11 bits per heavy atom. The van der Waals surface area contributed by atoms with Crippen molar-refractivity contribution in [3.63, 3.8) is 0 Å². The van der Waals surface area contributed by atoms with Gasteiger partial charge in [-0.1, -0.05) is 49.2 Å². The van der Waals surface area contributed by atoms with Crippen LogP contribution < -0.4 is 20.1 Å². The largest absolute Gasteiger partial charge is 0.479 e. The summed E-state index contributed by atoms with van der Waals surface area (Å²) in [5.41, 5.74) is 2.08. The Kier molecular flexibility index (Phi) is 8.41. The van der Waals surface area contributed by atoms with Crippen molar-refractivity contribution >= 4 is 46.8 Å². The Labute approximate surface area is 270 Å². The summed E-state index contributed by atoms with van der Waals surface area (Å²) in [4.78, 5) is 50.9. The monoisotopic (exact) mass is 653 g/mol. The van der Waals surface area contributed by atoms with Crippen LogP contribution in [0.1, 0.15) is 73.9 Å². The Morgan fingerprint density at radius 2 is 1.78 bits per heavy atom. The van der Waals surface area contributed by atoms with Crippen molar-refractivity contribution in [3.05, 3.63) is 85.6 Å². The number of methoxy groups -OCH3 is 1. The number of carbonyl (C=O) groups excluding carboxylic acids is 2. The molecule has 0 fully saturated rings. The summed E-state index contributed by atoms with van der Waals surface area (Å²) in [6.07, 6.45) is 2.43. The molecule has 0 N–H and O–H groups in total. The highest BCUT2D eigenvalue weighted by Crippen LogP contribution is 2.46. The van der Waals surface area contributed by atoms with Gasteiger partial charge in [-0.05, 0) is 50.5 Å². The third kappa shape index (κ3) is 5.87. The number of fused-ring (bicyclic) bond motifs is 1. The third-order valence-electron chi connectivity index (χ3n) is 7.16. The van der Waals surface area contributed by atoms with Crippen LogP contribution >= 0.6 is 23.2 Å². The molecule has 0 radical (unpaired) electrons. The van der Waals surface area contributed by atoms with Crippen LogP contribution in [-0.4, -0.2) is 56.1 Å². The van der Waals surface area contributed by atoms with Crippen LogP contribution in [0.25, 0.3) is 5.69 Å². The second kappa shape index (κ2) is 11.8. The number of benzene rings is 1. The molecular weight excluding hydrogens is 621 g/mol. The van der Waals surface area contributed by atoms with E-state index < -0.39 is 17.7 Å². The number of hydrogen-bond donors (Lipinski definition) is 0. The first kappa shape index (κ1) is 32.0. The average Bonchev–Trinajstić information content (AvgIpc) is 3.49. The van der Waals surface area contributed by atoms with Gasteiger partial charge in [-0.3, -0.25) is 14.5 Å². The summed E-state index contributed by atoms with van der Waals surface area (Å²) < 4.78 is 14.0. The van der Waals surface area contributed by atoms with E-state index in [1.165, 1.54) is 35.9 Å². The molecule has 14 heteroatoms. The Morgan fingerprint density at radius 3 is 2.36 bits per heavy atom. The maximum absolute atomic E-state index is 14.2. The van der Waals surface area contributed by atoms with Crippen LogP contribution in [0.3, 0.4) is 0 Å². The number of anilines is 2. The first-order valence-electron chi connectivity index (χ1n) is 14.1. The number of nitrogens with zero attached hydrogens (tertiary/aromatic N) is 7. The van der Waals surface area contributed by atoms with Crippen molar-refractivity contribution in [1.29, 1.82) is 0 Å². The highest BCUT2D eigenvalue weighted by Gasteiger charge is 2.45. The van der Waals surface area contributed by atoms with Gasteiger partial charge < -0.3 is 14.0 Å².